The third-order valence-corrected chi connectivity index (χ3v) is 7.91. The molecule has 0 unspecified atom stereocenters. The lowest BCUT2D eigenvalue weighted by Gasteiger charge is -2.34. The molecule has 8 nitrogen and oxygen atoms in total. The van der Waals surface area contributed by atoms with Gasteiger partial charge in [0.15, 0.2) is 0 Å². The molecular formula is C22H36N2O6S. The lowest BCUT2D eigenvalue weighted by Crippen LogP contribution is -2.48. The summed E-state index contributed by atoms with van der Waals surface area (Å²) < 4.78 is 38.7. The average Bonchev–Trinajstić information content (AvgIpc) is 2.80. The molecule has 0 aromatic heterocycles. The summed E-state index contributed by atoms with van der Waals surface area (Å²) in [5.74, 6) is -0.187. The SMILES string of the molecule is CO[C@H](CN(C)C(=O)C1CCOCC1)[C@H](C)CN([C@H](C)CO)S(=O)(=O)c1ccccc1. The van der Waals surface area contributed by atoms with Gasteiger partial charge in [0.05, 0.1) is 17.6 Å². The van der Waals surface area contributed by atoms with Crippen LogP contribution in [0.1, 0.15) is 26.7 Å². The van der Waals surface area contributed by atoms with Crippen molar-refractivity contribution in [2.45, 2.75) is 43.7 Å². The van der Waals surface area contributed by atoms with Crippen molar-refractivity contribution in [2.24, 2.45) is 11.8 Å². The highest BCUT2D eigenvalue weighted by molar-refractivity contribution is 7.89. The minimum atomic E-state index is -3.79. The Labute approximate surface area is 186 Å². The van der Waals surface area contributed by atoms with Crippen LogP contribution in [0.4, 0.5) is 0 Å². The summed E-state index contributed by atoms with van der Waals surface area (Å²) in [6.45, 7) is 5.00. The molecule has 1 saturated heterocycles. The van der Waals surface area contributed by atoms with E-state index >= 15 is 0 Å². The average molecular weight is 457 g/mol. The summed E-state index contributed by atoms with van der Waals surface area (Å²) in [5.41, 5.74) is 0. The summed E-state index contributed by atoms with van der Waals surface area (Å²) in [5, 5.41) is 9.69. The largest absolute Gasteiger partial charge is 0.395 e. The van der Waals surface area contributed by atoms with E-state index in [4.69, 9.17) is 9.47 Å². The third kappa shape index (κ3) is 6.73. The molecule has 31 heavy (non-hydrogen) atoms. The van der Waals surface area contributed by atoms with Gasteiger partial charge in [-0.1, -0.05) is 25.1 Å². The van der Waals surface area contributed by atoms with Crippen LogP contribution in [-0.2, 0) is 24.3 Å². The lowest BCUT2D eigenvalue weighted by molar-refractivity contribution is -0.139. The van der Waals surface area contributed by atoms with E-state index in [1.165, 1.54) is 4.31 Å². The van der Waals surface area contributed by atoms with Crippen molar-refractivity contribution in [3.05, 3.63) is 30.3 Å². The summed E-state index contributed by atoms with van der Waals surface area (Å²) in [7, 11) is -0.464. The van der Waals surface area contributed by atoms with Gasteiger partial charge >= 0.3 is 0 Å². The van der Waals surface area contributed by atoms with Crippen molar-refractivity contribution < 1.29 is 27.8 Å². The molecule has 0 bridgehead atoms. The summed E-state index contributed by atoms with van der Waals surface area (Å²) in [4.78, 5) is 14.6. The first-order valence-corrected chi connectivity index (χ1v) is 12.2. The maximum Gasteiger partial charge on any atom is 0.243 e. The van der Waals surface area contributed by atoms with Crippen molar-refractivity contribution in [1.29, 1.82) is 0 Å². The maximum absolute atomic E-state index is 13.2. The highest BCUT2D eigenvalue weighted by atomic mass is 32.2. The molecule has 0 radical (unpaired) electrons. The van der Waals surface area contributed by atoms with Crippen LogP contribution in [0.3, 0.4) is 0 Å². The van der Waals surface area contributed by atoms with Crippen LogP contribution in [-0.4, -0.2) is 87.9 Å². The van der Waals surface area contributed by atoms with E-state index in [9.17, 15) is 18.3 Å². The molecule has 176 valence electrons. The Kier molecular flexibility index (Phi) is 9.90. The Hall–Kier alpha value is -1.52. The van der Waals surface area contributed by atoms with Gasteiger partial charge in [-0.3, -0.25) is 4.79 Å². The Morgan fingerprint density at radius 2 is 1.81 bits per heavy atom. The summed E-state index contributed by atoms with van der Waals surface area (Å²) in [6, 6.07) is 7.61. The number of benzene rings is 1. The number of carbonyl (C=O) groups is 1. The normalized spacial score (nSPS) is 18.5. The number of sulfonamides is 1. The predicted molar refractivity (Wildman–Crippen MR) is 118 cm³/mol. The lowest BCUT2D eigenvalue weighted by atomic mass is 9.98. The summed E-state index contributed by atoms with van der Waals surface area (Å²) in [6.07, 6.45) is 1.08. The predicted octanol–water partition coefficient (Wildman–Crippen LogP) is 1.59. The van der Waals surface area contributed by atoms with Crippen LogP contribution in [0.15, 0.2) is 35.2 Å². The van der Waals surface area contributed by atoms with E-state index in [2.05, 4.69) is 0 Å². The first-order valence-electron chi connectivity index (χ1n) is 10.8. The van der Waals surface area contributed by atoms with E-state index < -0.39 is 16.1 Å². The number of amides is 1. The molecule has 1 amide bonds. The number of ether oxygens (including phenoxy) is 2. The highest BCUT2D eigenvalue weighted by Gasteiger charge is 2.33. The molecule has 9 heteroatoms. The minimum absolute atomic E-state index is 0.0454. The smallest absolute Gasteiger partial charge is 0.243 e. The first-order chi connectivity index (χ1) is 14.7. The molecule has 2 rings (SSSR count). The molecule has 0 aliphatic carbocycles. The minimum Gasteiger partial charge on any atom is -0.395 e. The van der Waals surface area contributed by atoms with Crippen LogP contribution in [0, 0.1) is 11.8 Å². The number of hydrogen-bond acceptors (Lipinski definition) is 6. The molecule has 1 aliphatic heterocycles. The monoisotopic (exact) mass is 456 g/mol. The van der Waals surface area contributed by atoms with Gasteiger partial charge in [-0.05, 0) is 37.8 Å². The van der Waals surface area contributed by atoms with E-state index in [1.807, 2.05) is 6.92 Å². The fraction of sp³-hybridized carbons (Fsp3) is 0.682. The standard InChI is InChI=1S/C22H36N2O6S/c1-17(21(29-4)15-23(3)22(26)19-10-12-30-13-11-19)14-24(18(2)16-25)31(27,28)20-8-6-5-7-9-20/h5-9,17-19,21,25H,10-16H2,1-4H3/t17-,18-,21-/m1/s1. The zero-order valence-corrected chi connectivity index (χ0v) is 19.8. The van der Waals surface area contributed by atoms with Crippen molar-refractivity contribution in [2.75, 3.05) is 47.1 Å². The van der Waals surface area contributed by atoms with Gasteiger partial charge < -0.3 is 19.5 Å². The Morgan fingerprint density at radius 1 is 1.19 bits per heavy atom. The highest BCUT2D eigenvalue weighted by Crippen LogP contribution is 2.23. The number of methoxy groups -OCH3 is 1. The first kappa shape index (κ1) is 25.7. The van der Waals surface area contributed by atoms with E-state index in [0.29, 0.717) is 32.6 Å². The molecule has 1 aromatic carbocycles. The van der Waals surface area contributed by atoms with E-state index in [0.717, 1.165) is 0 Å². The number of hydrogen-bond donors (Lipinski definition) is 1. The zero-order chi connectivity index (χ0) is 23.0. The van der Waals surface area contributed by atoms with Crippen molar-refractivity contribution in [3.63, 3.8) is 0 Å². The van der Waals surface area contributed by atoms with Crippen LogP contribution in [0.25, 0.3) is 0 Å². The van der Waals surface area contributed by atoms with Crippen LogP contribution in [0.5, 0.6) is 0 Å². The van der Waals surface area contributed by atoms with E-state index in [-0.39, 0.29) is 41.9 Å². The second-order valence-corrected chi connectivity index (χ2v) is 10.2. The molecule has 1 fully saturated rings. The van der Waals surface area contributed by atoms with Crippen molar-refractivity contribution in [3.8, 4) is 0 Å². The molecular weight excluding hydrogens is 420 g/mol. The molecule has 1 heterocycles. The zero-order valence-electron chi connectivity index (χ0n) is 18.9. The third-order valence-electron chi connectivity index (χ3n) is 5.91. The second kappa shape index (κ2) is 11.9. The molecule has 1 aliphatic rings. The van der Waals surface area contributed by atoms with Gasteiger partial charge in [0, 0.05) is 52.4 Å². The van der Waals surface area contributed by atoms with Gasteiger partial charge in [0.1, 0.15) is 0 Å². The molecule has 0 saturated carbocycles. The summed E-state index contributed by atoms with van der Waals surface area (Å²) >= 11 is 0. The molecule has 3 atom stereocenters. The topological polar surface area (TPSA) is 96.4 Å². The number of nitrogens with zero attached hydrogens (tertiary/aromatic N) is 2. The Balaban J connectivity index is 2.11. The number of likely N-dealkylation sites (N-methyl/N-ethyl adjacent to an activating group) is 1. The number of rotatable bonds is 11. The quantitative estimate of drug-likeness (QED) is 0.543. The maximum atomic E-state index is 13.2. The number of aliphatic hydroxyl groups is 1. The molecule has 1 aromatic rings. The fourth-order valence-electron chi connectivity index (χ4n) is 3.84. The van der Waals surface area contributed by atoms with Crippen LogP contribution >= 0.6 is 0 Å². The van der Waals surface area contributed by atoms with Crippen molar-refractivity contribution >= 4 is 15.9 Å². The second-order valence-electron chi connectivity index (χ2n) is 8.28. The van der Waals surface area contributed by atoms with Crippen LogP contribution < -0.4 is 0 Å². The van der Waals surface area contributed by atoms with Crippen molar-refractivity contribution in [1.82, 2.24) is 9.21 Å². The number of carbonyl (C=O) groups excluding carboxylic acids is 1. The Morgan fingerprint density at radius 3 is 2.35 bits per heavy atom. The molecule has 0 spiro atoms. The van der Waals surface area contributed by atoms with Gasteiger partial charge in [-0.25, -0.2) is 8.42 Å². The fourth-order valence-corrected chi connectivity index (χ4v) is 5.58. The van der Waals surface area contributed by atoms with Gasteiger partial charge in [-0.2, -0.15) is 4.31 Å². The van der Waals surface area contributed by atoms with Gasteiger partial charge in [-0.15, -0.1) is 0 Å². The van der Waals surface area contributed by atoms with Crippen LogP contribution in [0.2, 0.25) is 0 Å². The van der Waals surface area contributed by atoms with Gasteiger partial charge in [0.2, 0.25) is 15.9 Å². The Bertz CT molecular complexity index is 782. The molecule has 1 N–H and O–H groups in total. The van der Waals surface area contributed by atoms with E-state index in [1.54, 1.807) is 56.3 Å². The van der Waals surface area contributed by atoms with Gasteiger partial charge in [0.25, 0.3) is 0 Å². The number of aliphatic hydroxyl groups excluding tert-OH is 1.